The highest BCUT2D eigenvalue weighted by molar-refractivity contribution is 7.89. The van der Waals surface area contributed by atoms with Gasteiger partial charge >= 0.3 is 0 Å². The number of fused-ring (bicyclic) bond motifs is 1. The van der Waals surface area contributed by atoms with E-state index in [1.807, 2.05) is 7.05 Å². The van der Waals surface area contributed by atoms with Crippen LogP contribution in [0.3, 0.4) is 0 Å². The fourth-order valence-electron chi connectivity index (χ4n) is 3.38. The second kappa shape index (κ2) is 7.63. The largest absolute Gasteiger partial charge is 0.354 e. The minimum atomic E-state index is -3.67. The molecule has 1 atom stereocenters. The van der Waals surface area contributed by atoms with Gasteiger partial charge in [0.05, 0.1) is 16.2 Å². The molecule has 4 rings (SSSR count). The zero-order valence-corrected chi connectivity index (χ0v) is 16.8. The number of rotatable bonds is 5. The molecular weight excluding hydrogens is 398 g/mol. The van der Waals surface area contributed by atoms with Crippen LogP contribution in [0.15, 0.2) is 53.7 Å². The summed E-state index contributed by atoms with van der Waals surface area (Å²) in [5.74, 6) is 0. The van der Waals surface area contributed by atoms with Crippen molar-refractivity contribution in [3.05, 3.63) is 53.8 Å². The standard InChI is InChI=1S/C19H20ClN5O2S/c1-25-9-6-13(12-25)24-28(26,27)18-5-3-2-4-16(18)23-14-10-15(20)19-17(11-14)21-7-8-22-19/h2-5,7-8,10-11,13,23-24H,6,9,12H2,1H3. The van der Waals surface area contributed by atoms with Crippen LogP contribution in [-0.4, -0.2) is 49.5 Å². The molecule has 0 spiro atoms. The van der Waals surface area contributed by atoms with Crippen LogP contribution >= 0.6 is 11.6 Å². The van der Waals surface area contributed by atoms with Crippen molar-refractivity contribution in [2.75, 3.05) is 25.5 Å². The number of anilines is 2. The van der Waals surface area contributed by atoms with Crippen LogP contribution in [0.2, 0.25) is 5.02 Å². The summed E-state index contributed by atoms with van der Waals surface area (Å²) in [4.78, 5) is 10.8. The molecule has 2 aromatic carbocycles. The van der Waals surface area contributed by atoms with Crippen LogP contribution in [0.1, 0.15) is 6.42 Å². The lowest BCUT2D eigenvalue weighted by molar-refractivity contribution is 0.407. The molecule has 1 fully saturated rings. The Hall–Kier alpha value is -2.26. The molecule has 2 N–H and O–H groups in total. The highest BCUT2D eigenvalue weighted by Crippen LogP contribution is 2.30. The summed E-state index contributed by atoms with van der Waals surface area (Å²) < 4.78 is 28.7. The van der Waals surface area contributed by atoms with Crippen LogP contribution < -0.4 is 10.0 Å². The van der Waals surface area contributed by atoms with E-state index in [2.05, 4.69) is 24.9 Å². The molecule has 2 heterocycles. The number of halogens is 1. The lowest BCUT2D eigenvalue weighted by atomic mass is 10.2. The Morgan fingerprint density at radius 1 is 1.18 bits per heavy atom. The number of nitrogens with one attached hydrogen (secondary N) is 2. The maximum atomic E-state index is 13.0. The summed E-state index contributed by atoms with van der Waals surface area (Å²) in [7, 11) is -1.69. The van der Waals surface area contributed by atoms with E-state index in [1.54, 1.807) is 48.8 Å². The van der Waals surface area contributed by atoms with E-state index < -0.39 is 10.0 Å². The van der Waals surface area contributed by atoms with Crippen molar-refractivity contribution in [3.8, 4) is 0 Å². The Bertz CT molecular complexity index is 1120. The number of hydrogen-bond acceptors (Lipinski definition) is 6. The molecule has 0 radical (unpaired) electrons. The Labute approximate surface area is 168 Å². The van der Waals surface area contributed by atoms with Gasteiger partial charge in [-0.05, 0) is 44.3 Å². The SMILES string of the molecule is CN1CCC(NS(=O)(=O)c2ccccc2Nc2cc(Cl)c3nccnc3c2)C1. The third-order valence-electron chi connectivity index (χ3n) is 4.70. The number of nitrogens with zero attached hydrogens (tertiary/aromatic N) is 3. The second-order valence-corrected chi connectivity index (χ2v) is 8.96. The minimum absolute atomic E-state index is 0.0894. The number of para-hydroxylation sites is 1. The van der Waals surface area contributed by atoms with Gasteiger partial charge in [-0.3, -0.25) is 9.97 Å². The maximum absolute atomic E-state index is 13.0. The van der Waals surface area contributed by atoms with Gasteiger partial charge in [-0.1, -0.05) is 23.7 Å². The van der Waals surface area contributed by atoms with Crippen LogP contribution in [0, 0.1) is 0 Å². The highest BCUT2D eigenvalue weighted by atomic mass is 35.5. The summed E-state index contributed by atoms with van der Waals surface area (Å²) in [6, 6.07) is 10.2. The average molecular weight is 418 g/mol. The Balaban J connectivity index is 1.65. The van der Waals surface area contributed by atoms with Gasteiger partial charge < -0.3 is 10.2 Å². The Kier molecular flexibility index (Phi) is 5.20. The molecule has 0 bridgehead atoms. The molecule has 7 nitrogen and oxygen atoms in total. The smallest absolute Gasteiger partial charge is 0.242 e. The van der Waals surface area contributed by atoms with Crippen LogP contribution in [0.5, 0.6) is 0 Å². The third-order valence-corrected chi connectivity index (χ3v) is 6.56. The molecule has 1 unspecified atom stereocenters. The van der Waals surface area contributed by atoms with Gasteiger partial charge in [0, 0.05) is 30.7 Å². The van der Waals surface area contributed by atoms with Crippen molar-refractivity contribution in [1.29, 1.82) is 0 Å². The molecule has 0 amide bonds. The Morgan fingerprint density at radius 3 is 2.75 bits per heavy atom. The van der Waals surface area contributed by atoms with Gasteiger partial charge in [-0.25, -0.2) is 13.1 Å². The summed E-state index contributed by atoms with van der Waals surface area (Å²) in [5.41, 5.74) is 2.34. The average Bonchev–Trinajstić information content (AvgIpc) is 3.06. The fourth-order valence-corrected chi connectivity index (χ4v) is 5.07. The first kappa shape index (κ1) is 19.1. The van der Waals surface area contributed by atoms with Crippen molar-refractivity contribution >= 4 is 44.0 Å². The molecule has 3 aromatic rings. The lowest BCUT2D eigenvalue weighted by Crippen LogP contribution is -2.36. The van der Waals surface area contributed by atoms with Crippen LogP contribution in [0.4, 0.5) is 11.4 Å². The van der Waals surface area contributed by atoms with Gasteiger partial charge in [-0.15, -0.1) is 0 Å². The van der Waals surface area contributed by atoms with Gasteiger partial charge in [0.15, 0.2) is 0 Å². The summed E-state index contributed by atoms with van der Waals surface area (Å²) in [6.07, 6.45) is 3.96. The molecule has 28 heavy (non-hydrogen) atoms. The monoisotopic (exact) mass is 417 g/mol. The predicted octanol–water partition coefficient (Wildman–Crippen LogP) is 3.01. The third kappa shape index (κ3) is 3.95. The first-order valence-electron chi connectivity index (χ1n) is 8.89. The van der Waals surface area contributed by atoms with E-state index in [0.717, 1.165) is 13.0 Å². The first-order valence-corrected chi connectivity index (χ1v) is 10.8. The molecule has 146 valence electrons. The number of benzene rings is 2. The normalized spacial score (nSPS) is 17.9. The molecule has 1 aliphatic heterocycles. The van der Waals surface area contributed by atoms with Crippen molar-refractivity contribution in [2.45, 2.75) is 17.4 Å². The lowest BCUT2D eigenvalue weighted by Gasteiger charge is -2.17. The summed E-state index contributed by atoms with van der Waals surface area (Å²) >= 11 is 6.31. The van der Waals surface area contributed by atoms with Crippen molar-refractivity contribution in [2.24, 2.45) is 0 Å². The van der Waals surface area contributed by atoms with Crippen molar-refractivity contribution in [1.82, 2.24) is 19.6 Å². The number of sulfonamides is 1. The fraction of sp³-hybridized carbons (Fsp3) is 0.263. The quantitative estimate of drug-likeness (QED) is 0.663. The van der Waals surface area contributed by atoms with E-state index in [0.29, 0.717) is 34.0 Å². The number of hydrogen-bond donors (Lipinski definition) is 2. The van der Waals surface area contributed by atoms with Gasteiger partial charge in [0.1, 0.15) is 10.4 Å². The van der Waals surface area contributed by atoms with Crippen LogP contribution in [-0.2, 0) is 10.0 Å². The molecule has 1 aromatic heterocycles. The first-order chi connectivity index (χ1) is 13.4. The van der Waals surface area contributed by atoms with E-state index in [4.69, 9.17) is 11.6 Å². The summed E-state index contributed by atoms with van der Waals surface area (Å²) in [5, 5.41) is 3.61. The molecule has 1 saturated heterocycles. The van der Waals surface area contributed by atoms with E-state index in [9.17, 15) is 8.42 Å². The van der Waals surface area contributed by atoms with E-state index in [1.165, 1.54) is 0 Å². The Morgan fingerprint density at radius 2 is 1.96 bits per heavy atom. The molecule has 0 saturated carbocycles. The number of likely N-dealkylation sites (N-methyl/N-ethyl adjacent to an activating group) is 1. The second-order valence-electron chi connectivity index (χ2n) is 6.87. The molecule has 1 aliphatic rings. The zero-order chi connectivity index (χ0) is 19.7. The van der Waals surface area contributed by atoms with Crippen molar-refractivity contribution in [3.63, 3.8) is 0 Å². The number of aromatic nitrogens is 2. The predicted molar refractivity (Wildman–Crippen MR) is 110 cm³/mol. The molecule has 0 aliphatic carbocycles. The van der Waals surface area contributed by atoms with E-state index in [-0.39, 0.29) is 10.9 Å². The number of likely N-dealkylation sites (tertiary alicyclic amines) is 1. The van der Waals surface area contributed by atoms with Crippen LogP contribution in [0.25, 0.3) is 11.0 Å². The zero-order valence-electron chi connectivity index (χ0n) is 15.3. The van der Waals surface area contributed by atoms with Crippen molar-refractivity contribution < 1.29 is 8.42 Å². The topological polar surface area (TPSA) is 87.2 Å². The van der Waals surface area contributed by atoms with Gasteiger partial charge in [-0.2, -0.15) is 0 Å². The highest BCUT2D eigenvalue weighted by Gasteiger charge is 2.27. The molecular formula is C19H20ClN5O2S. The maximum Gasteiger partial charge on any atom is 0.242 e. The summed E-state index contributed by atoms with van der Waals surface area (Å²) in [6.45, 7) is 1.58. The minimum Gasteiger partial charge on any atom is -0.354 e. The van der Waals surface area contributed by atoms with Gasteiger partial charge in [0.2, 0.25) is 10.0 Å². The van der Waals surface area contributed by atoms with E-state index >= 15 is 0 Å². The van der Waals surface area contributed by atoms with Gasteiger partial charge in [0.25, 0.3) is 0 Å². The molecule has 9 heteroatoms.